The highest BCUT2D eigenvalue weighted by atomic mass is 35.5. The molecule has 0 bridgehead atoms. The summed E-state index contributed by atoms with van der Waals surface area (Å²) in [5, 5.41) is 1.71. The van der Waals surface area contributed by atoms with Crippen molar-refractivity contribution in [3.63, 3.8) is 0 Å². The van der Waals surface area contributed by atoms with Gasteiger partial charge >= 0.3 is 6.18 Å². The summed E-state index contributed by atoms with van der Waals surface area (Å²) in [6.07, 6.45) is -4.80. The predicted octanol–water partition coefficient (Wildman–Crippen LogP) is 6.97. The summed E-state index contributed by atoms with van der Waals surface area (Å²) in [5.41, 5.74) is -3.49. The summed E-state index contributed by atoms with van der Waals surface area (Å²) in [7, 11) is -9.48. The average Bonchev–Trinajstić information content (AvgIpc) is 3.49. The van der Waals surface area contributed by atoms with Crippen LogP contribution < -0.4 is 9.03 Å². The van der Waals surface area contributed by atoms with Gasteiger partial charge in [-0.05, 0) is 47.5 Å². The van der Waals surface area contributed by atoms with Gasteiger partial charge in [0, 0.05) is 23.6 Å². The van der Waals surface area contributed by atoms with Gasteiger partial charge in [-0.1, -0.05) is 35.3 Å². The lowest BCUT2D eigenvalue weighted by molar-refractivity contribution is -0.137. The minimum atomic E-state index is -4.79. The van der Waals surface area contributed by atoms with Crippen LogP contribution in [0.4, 0.5) is 33.3 Å². The molecule has 0 heterocycles. The lowest BCUT2D eigenvalue weighted by Gasteiger charge is -2.21. The van der Waals surface area contributed by atoms with E-state index in [2.05, 4.69) is 5.32 Å². The molecular formula is C27H19Cl4F5N2O6S2. The lowest BCUT2D eigenvalue weighted by atomic mass is 10.0. The van der Waals surface area contributed by atoms with Crippen LogP contribution in [-0.2, 0) is 37.4 Å². The van der Waals surface area contributed by atoms with Crippen molar-refractivity contribution >= 4 is 89.5 Å². The number of hydrogen-bond donors (Lipinski definition) is 1. The van der Waals surface area contributed by atoms with Crippen molar-refractivity contribution in [2.45, 2.75) is 22.8 Å². The molecule has 46 heavy (non-hydrogen) atoms. The van der Waals surface area contributed by atoms with Crippen molar-refractivity contribution in [2.24, 2.45) is 5.92 Å². The van der Waals surface area contributed by atoms with E-state index >= 15 is 4.39 Å². The molecule has 1 aliphatic rings. The summed E-state index contributed by atoms with van der Waals surface area (Å²) < 4.78 is 116. The summed E-state index contributed by atoms with van der Waals surface area (Å²) in [4.78, 5) is 26.2. The second kappa shape index (κ2) is 12.4. The van der Waals surface area contributed by atoms with Gasteiger partial charge < -0.3 is 5.32 Å². The zero-order valence-corrected chi connectivity index (χ0v) is 27.8. The van der Waals surface area contributed by atoms with Crippen LogP contribution in [0.2, 0.25) is 10.0 Å². The number of anilines is 2. The number of carbonyl (C=O) groups excluding carboxylic acids is 2. The highest BCUT2D eigenvalue weighted by Gasteiger charge is 2.67. The first-order valence-electron chi connectivity index (χ1n) is 12.5. The maximum Gasteiger partial charge on any atom is 0.417 e. The van der Waals surface area contributed by atoms with Crippen LogP contribution in [0.3, 0.4) is 0 Å². The van der Waals surface area contributed by atoms with Gasteiger partial charge in [-0.2, -0.15) is 16.9 Å². The molecule has 1 fully saturated rings. The van der Waals surface area contributed by atoms with Crippen LogP contribution >= 0.6 is 46.4 Å². The van der Waals surface area contributed by atoms with Gasteiger partial charge in [0.2, 0.25) is 26.0 Å². The Morgan fingerprint density at radius 3 is 2.07 bits per heavy atom. The fourth-order valence-corrected chi connectivity index (χ4v) is 9.03. The average molecular weight is 768 g/mol. The Morgan fingerprint density at radius 2 is 1.50 bits per heavy atom. The normalized spacial score (nSPS) is 17.8. The van der Waals surface area contributed by atoms with E-state index < -0.39 is 97.7 Å². The maximum atomic E-state index is 15.4. The minimum Gasteiger partial charge on any atom is -0.326 e. The Morgan fingerprint density at radius 1 is 0.913 bits per heavy atom. The first-order valence-corrected chi connectivity index (χ1v) is 17.7. The molecule has 1 N–H and O–H groups in total. The van der Waals surface area contributed by atoms with E-state index in [-0.39, 0.29) is 21.8 Å². The number of amides is 1. The molecule has 1 aliphatic carbocycles. The molecule has 0 aliphatic heterocycles. The van der Waals surface area contributed by atoms with Gasteiger partial charge in [0.1, 0.15) is 10.0 Å². The van der Waals surface area contributed by atoms with Crippen molar-refractivity contribution in [1.29, 1.82) is 0 Å². The lowest BCUT2D eigenvalue weighted by Crippen LogP contribution is -2.36. The van der Waals surface area contributed by atoms with Gasteiger partial charge in [0.05, 0.1) is 34.0 Å². The first kappa shape index (κ1) is 36.2. The zero-order chi connectivity index (χ0) is 34.7. The van der Waals surface area contributed by atoms with Crippen LogP contribution in [0.5, 0.6) is 0 Å². The van der Waals surface area contributed by atoms with Gasteiger partial charge in [-0.3, -0.25) is 9.59 Å². The molecule has 0 unspecified atom stereocenters. The molecule has 0 aromatic heterocycles. The van der Waals surface area contributed by atoms with Crippen LogP contribution in [0.25, 0.3) is 0 Å². The molecule has 3 aromatic rings. The molecule has 0 radical (unpaired) electrons. The third-order valence-electron chi connectivity index (χ3n) is 6.81. The largest absolute Gasteiger partial charge is 0.417 e. The summed E-state index contributed by atoms with van der Waals surface area (Å²) in [5.74, 6) is -7.19. The molecule has 2 atom stereocenters. The van der Waals surface area contributed by atoms with Crippen molar-refractivity contribution in [3.8, 4) is 0 Å². The first-order chi connectivity index (χ1) is 21.0. The number of nitrogens with zero attached hydrogens (tertiary/aromatic N) is 1. The van der Waals surface area contributed by atoms with E-state index in [4.69, 9.17) is 46.4 Å². The summed E-state index contributed by atoms with van der Waals surface area (Å²) >= 11 is 24.3. The number of ketones is 1. The third kappa shape index (κ3) is 7.24. The fraction of sp³-hybridized carbons (Fsp3) is 0.259. The molecule has 4 rings (SSSR count). The number of rotatable bonds is 9. The van der Waals surface area contributed by atoms with Crippen molar-refractivity contribution in [3.05, 3.63) is 92.5 Å². The van der Waals surface area contributed by atoms with E-state index in [1.165, 1.54) is 18.2 Å². The molecule has 1 amide bonds. The molecule has 8 nitrogen and oxygen atoms in total. The SMILES string of the molecule is CS(=O)(=O)N(c1c(F)ccc(CC(=O)c2cc(NC(=O)[C@H]3[C@H](c4ccc(Cl)c(C(F)(F)F)c4)C3(Cl)Cl)ccc2Cl)c1F)S(C)(=O)=O. The summed E-state index contributed by atoms with van der Waals surface area (Å²) in [6, 6.07) is 7.94. The quantitative estimate of drug-likeness (QED) is 0.143. The Bertz CT molecular complexity index is 1960. The number of hydrogen-bond acceptors (Lipinski definition) is 6. The molecular weight excluding hydrogens is 749 g/mol. The van der Waals surface area contributed by atoms with E-state index in [0.29, 0.717) is 18.6 Å². The second-order valence-corrected chi connectivity index (χ2v) is 16.4. The Kier molecular flexibility index (Phi) is 9.74. The number of halogens is 9. The number of sulfonamides is 2. The van der Waals surface area contributed by atoms with Crippen molar-refractivity contribution in [2.75, 3.05) is 21.5 Å². The van der Waals surface area contributed by atoms with Crippen LogP contribution in [0.15, 0.2) is 48.5 Å². The topological polar surface area (TPSA) is 118 Å². The standard InChI is InChI=1S/C27H19Cl4F5N2O6S2/c1-45(41,42)38(46(2,43)44)24-19(32)8-4-13(23(24)33)10-20(39)15-11-14(5-7-17(15)28)37-25(40)22-21(26(22,30)31)12-3-6-18(29)16(9-12)27(34,35)36/h3-9,11,21-22H,10H2,1-2H3,(H,37,40)/t21-,22+/m0/s1. The molecule has 0 saturated heterocycles. The van der Waals surface area contributed by atoms with Crippen molar-refractivity contribution in [1.82, 2.24) is 0 Å². The number of benzene rings is 3. The second-order valence-electron chi connectivity index (χ2n) is 10.2. The molecule has 248 valence electrons. The van der Waals surface area contributed by atoms with E-state index in [9.17, 15) is 44.0 Å². The number of nitrogens with one attached hydrogen (secondary N) is 1. The number of carbonyl (C=O) groups is 2. The smallest absolute Gasteiger partial charge is 0.326 e. The Balaban J connectivity index is 1.59. The van der Waals surface area contributed by atoms with Gasteiger partial charge in [0.25, 0.3) is 0 Å². The third-order valence-corrected chi connectivity index (χ3v) is 11.6. The zero-order valence-electron chi connectivity index (χ0n) is 23.1. The minimum absolute atomic E-state index is 0.000136. The van der Waals surface area contributed by atoms with E-state index in [1.807, 2.05) is 0 Å². The summed E-state index contributed by atoms with van der Waals surface area (Å²) in [6.45, 7) is 0. The van der Waals surface area contributed by atoms with E-state index in [1.54, 1.807) is 0 Å². The number of alkyl halides is 5. The van der Waals surface area contributed by atoms with Gasteiger partial charge in [-0.15, -0.1) is 23.2 Å². The number of Topliss-reactive ketones (excluding diaryl/α,β-unsaturated/α-hetero) is 1. The van der Waals surface area contributed by atoms with Crippen molar-refractivity contribution < 1.29 is 48.4 Å². The predicted molar refractivity (Wildman–Crippen MR) is 164 cm³/mol. The molecule has 0 spiro atoms. The van der Waals surface area contributed by atoms with Gasteiger partial charge in [0.15, 0.2) is 17.4 Å². The fourth-order valence-electron chi connectivity index (χ4n) is 4.79. The molecule has 19 heteroatoms. The van der Waals surface area contributed by atoms with Gasteiger partial charge in [-0.25, -0.2) is 25.6 Å². The Labute approximate surface area is 279 Å². The highest BCUT2D eigenvalue weighted by molar-refractivity contribution is 8.09. The van der Waals surface area contributed by atoms with Crippen LogP contribution in [0, 0.1) is 17.6 Å². The molecule has 1 saturated carbocycles. The maximum absolute atomic E-state index is 15.4. The monoisotopic (exact) mass is 766 g/mol. The van der Waals surface area contributed by atoms with Crippen LogP contribution in [0.1, 0.15) is 33.0 Å². The molecule has 3 aromatic carbocycles. The highest BCUT2D eigenvalue weighted by Crippen LogP contribution is 2.65. The van der Waals surface area contributed by atoms with E-state index in [0.717, 1.165) is 24.3 Å². The Hall–Kier alpha value is -2.69. The van der Waals surface area contributed by atoms with Crippen LogP contribution in [-0.4, -0.2) is 45.4 Å².